The Morgan fingerprint density at radius 1 is 1.19 bits per heavy atom. The number of hydrogen-bond acceptors (Lipinski definition) is 3. The maximum absolute atomic E-state index is 11.5. The summed E-state index contributed by atoms with van der Waals surface area (Å²) in [5.41, 5.74) is 3.82. The molecule has 0 heterocycles. The molecule has 2 aromatic carbocycles. The lowest BCUT2D eigenvalue weighted by Gasteiger charge is -2.16. The molecule has 0 bridgehead atoms. The van der Waals surface area contributed by atoms with E-state index in [0.29, 0.717) is 11.3 Å². The van der Waals surface area contributed by atoms with Crippen LogP contribution < -0.4 is 10.6 Å². The topological polar surface area (TPSA) is 61.4 Å². The number of carbonyl (C=O) groups is 1. The van der Waals surface area contributed by atoms with E-state index in [2.05, 4.69) is 16.7 Å². The van der Waals surface area contributed by atoms with Crippen LogP contribution in [0, 0.1) is 0 Å². The summed E-state index contributed by atoms with van der Waals surface area (Å²) >= 11 is 0. The van der Waals surface area contributed by atoms with Crippen LogP contribution in [0.5, 0.6) is 5.75 Å². The molecule has 4 heteroatoms. The lowest BCUT2D eigenvalue weighted by atomic mass is 10.1. The van der Waals surface area contributed by atoms with E-state index < -0.39 is 0 Å². The highest BCUT2D eigenvalue weighted by Gasteiger charge is 2.24. The minimum absolute atomic E-state index is 0.0855. The molecule has 0 aliphatic heterocycles. The van der Waals surface area contributed by atoms with Crippen LogP contribution in [-0.4, -0.2) is 18.1 Å². The number of fused-ring (bicyclic) bond motifs is 1. The van der Waals surface area contributed by atoms with Crippen molar-refractivity contribution in [3.63, 3.8) is 0 Å². The number of anilines is 1. The van der Waals surface area contributed by atoms with E-state index in [1.54, 1.807) is 25.2 Å². The predicted octanol–water partition coefficient (Wildman–Crippen LogP) is 2.85. The Balaban J connectivity index is 1.77. The van der Waals surface area contributed by atoms with Crippen molar-refractivity contribution in [3.05, 3.63) is 59.2 Å². The van der Waals surface area contributed by atoms with Crippen molar-refractivity contribution >= 4 is 11.6 Å². The summed E-state index contributed by atoms with van der Waals surface area (Å²) in [5.74, 6) is 0.296. The zero-order chi connectivity index (χ0) is 14.8. The monoisotopic (exact) mass is 282 g/mol. The van der Waals surface area contributed by atoms with Gasteiger partial charge in [0.2, 0.25) is 0 Å². The van der Waals surface area contributed by atoms with Crippen LogP contribution in [0.25, 0.3) is 0 Å². The second-order valence-electron chi connectivity index (χ2n) is 5.24. The van der Waals surface area contributed by atoms with Gasteiger partial charge in [-0.05, 0) is 54.3 Å². The highest BCUT2D eigenvalue weighted by atomic mass is 16.3. The number of carbonyl (C=O) groups excluding carboxylic acids is 1. The first-order valence-electron chi connectivity index (χ1n) is 7.08. The predicted molar refractivity (Wildman–Crippen MR) is 82.6 cm³/mol. The minimum Gasteiger partial charge on any atom is -0.508 e. The Labute approximate surface area is 123 Å². The van der Waals surface area contributed by atoms with Crippen molar-refractivity contribution in [2.75, 3.05) is 12.4 Å². The highest BCUT2D eigenvalue weighted by molar-refractivity contribution is 5.94. The van der Waals surface area contributed by atoms with Crippen LogP contribution in [-0.2, 0) is 6.42 Å². The fourth-order valence-electron chi connectivity index (χ4n) is 2.85. The molecule has 1 aliphatic rings. The summed E-state index contributed by atoms with van der Waals surface area (Å²) in [6, 6.07) is 13.3. The Kier molecular flexibility index (Phi) is 3.52. The Morgan fingerprint density at radius 2 is 1.95 bits per heavy atom. The van der Waals surface area contributed by atoms with E-state index in [0.717, 1.165) is 29.7 Å². The van der Waals surface area contributed by atoms with Crippen molar-refractivity contribution in [2.45, 2.75) is 18.9 Å². The van der Waals surface area contributed by atoms with Gasteiger partial charge in [-0.15, -0.1) is 0 Å². The standard InChI is InChI=1S/C17H18N2O2/c1-18-17(21)11-5-7-12(8-6-11)19-15-10-9-14-13(15)3-2-4-16(14)20/h2-8,15,19-20H,9-10H2,1H3,(H,18,21). The van der Waals surface area contributed by atoms with Crippen LogP contribution in [0.1, 0.15) is 33.9 Å². The van der Waals surface area contributed by atoms with Crippen molar-refractivity contribution in [2.24, 2.45) is 0 Å². The number of phenols is 1. The second-order valence-corrected chi connectivity index (χ2v) is 5.24. The average molecular weight is 282 g/mol. The molecule has 1 aliphatic carbocycles. The lowest BCUT2D eigenvalue weighted by molar-refractivity contribution is 0.0963. The van der Waals surface area contributed by atoms with Gasteiger partial charge >= 0.3 is 0 Å². The smallest absolute Gasteiger partial charge is 0.251 e. The number of nitrogens with one attached hydrogen (secondary N) is 2. The van der Waals surface area contributed by atoms with Gasteiger partial charge in [0.05, 0.1) is 6.04 Å². The Morgan fingerprint density at radius 3 is 2.67 bits per heavy atom. The summed E-state index contributed by atoms with van der Waals surface area (Å²) in [7, 11) is 1.62. The van der Waals surface area contributed by atoms with E-state index >= 15 is 0 Å². The van der Waals surface area contributed by atoms with E-state index in [-0.39, 0.29) is 11.9 Å². The summed E-state index contributed by atoms with van der Waals surface area (Å²) < 4.78 is 0. The molecule has 108 valence electrons. The van der Waals surface area contributed by atoms with Crippen molar-refractivity contribution in [3.8, 4) is 5.75 Å². The zero-order valence-corrected chi connectivity index (χ0v) is 11.9. The number of phenolic OH excluding ortho intramolecular Hbond substituents is 1. The molecule has 0 saturated carbocycles. The molecular formula is C17H18N2O2. The zero-order valence-electron chi connectivity index (χ0n) is 11.9. The first-order chi connectivity index (χ1) is 10.2. The summed E-state index contributed by atoms with van der Waals surface area (Å²) in [4.78, 5) is 11.5. The fraction of sp³-hybridized carbons (Fsp3) is 0.235. The molecule has 3 N–H and O–H groups in total. The second kappa shape index (κ2) is 5.48. The molecule has 1 unspecified atom stereocenters. The van der Waals surface area contributed by atoms with Gasteiger partial charge in [-0.2, -0.15) is 0 Å². The van der Waals surface area contributed by atoms with Crippen LogP contribution in [0.2, 0.25) is 0 Å². The van der Waals surface area contributed by atoms with Gasteiger partial charge in [0.25, 0.3) is 5.91 Å². The molecule has 21 heavy (non-hydrogen) atoms. The van der Waals surface area contributed by atoms with Crippen molar-refractivity contribution in [1.29, 1.82) is 0 Å². The quantitative estimate of drug-likeness (QED) is 0.811. The maximum atomic E-state index is 11.5. The van der Waals surface area contributed by atoms with E-state index in [9.17, 15) is 9.90 Å². The van der Waals surface area contributed by atoms with E-state index in [4.69, 9.17) is 0 Å². The number of amides is 1. The van der Waals surface area contributed by atoms with Crippen LogP contribution in [0.15, 0.2) is 42.5 Å². The molecule has 1 amide bonds. The lowest BCUT2D eigenvalue weighted by Crippen LogP contribution is -2.17. The van der Waals surface area contributed by atoms with Crippen molar-refractivity contribution < 1.29 is 9.90 Å². The van der Waals surface area contributed by atoms with Crippen molar-refractivity contribution in [1.82, 2.24) is 5.32 Å². The van der Waals surface area contributed by atoms with Gasteiger partial charge in [-0.25, -0.2) is 0 Å². The molecule has 4 nitrogen and oxygen atoms in total. The highest BCUT2D eigenvalue weighted by Crippen LogP contribution is 2.38. The minimum atomic E-state index is -0.0855. The first-order valence-corrected chi connectivity index (χ1v) is 7.08. The third-order valence-electron chi connectivity index (χ3n) is 3.96. The molecule has 2 aromatic rings. The molecule has 1 atom stereocenters. The van der Waals surface area contributed by atoms with Gasteiger partial charge in [0.15, 0.2) is 0 Å². The SMILES string of the molecule is CNC(=O)c1ccc(NC2CCc3c(O)cccc32)cc1. The molecule has 0 spiro atoms. The number of hydrogen-bond donors (Lipinski definition) is 3. The van der Waals surface area contributed by atoms with E-state index in [1.807, 2.05) is 18.2 Å². The third-order valence-corrected chi connectivity index (χ3v) is 3.96. The summed E-state index contributed by atoms with van der Waals surface area (Å²) in [5, 5.41) is 15.9. The maximum Gasteiger partial charge on any atom is 0.251 e. The average Bonchev–Trinajstić information content (AvgIpc) is 2.92. The van der Waals surface area contributed by atoms with Gasteiger partial charge in [0.1, 0.15) is 5.75 Å². The largest absolute Gasteiger partial charge is 0.508 e. The van der Waals surface area contributed by atoms with Gasteiger partial charge in [0, 0.05) is 18.3 Å². The van der Waals surface area contributed by atoms with Crippen LogP contribution in [0.3, 0.4) is 0 Å². The molecule has 0 aromatic heterocycles. The Bertz CT molecular complexity index is 665. The van der Waals surface area contributed by atoms with E-state index in [1.165, 1.54) is 0 Å². The molecule has 0 radical (unpaired) electrons. The molecule has 3 rings (SSSR count). The number of benzene rings is 2. The fourth-order valence-corrected chi connectivity index (χ4v) is 2.85. The Hall–Kier alpha value is -2.49. The summed E-state index contributed by atoms with van der Waals surface area (Å²) in [6.07, 6.45) is 1.85. The first kappa shape index (κ1) is 13.5. The normalized spacial score (nSPS) is 16.3. The van der Waals surface area contributed by atoms with Crippen LogP contribution >= 0.6 is 0 Å². The number of aromatic hydroxyl groups is 1. The molecule has 0 saturated heterocycles. The summed E-state index contributed by atoms with van der Waals surface area (Å²) in [6.45, 7) is 0. The van der Waals surface area contributed by atoms with Gasteiger partial charge in [-0.1, -0.05) is 12.1 Å². The third kappa shape index (κ3) is 2.57. The van der Waals surface area contributed by atoms with Crippen LogP contribution in [0.4, 0.5) is 5.69 Å². The molecule has 0 fully saturated rings. The van der Waals surface area contributed by atoms with Gasteiger partial charge in [-0.3, -0.25) is 4.79 Å². The molecular weight excluding hydrogens is 264 g/mol. The van der Waals surface area contributed by atoms with Gasteiger partial charge < -0.3 is 15.7 Å². The number of rotatable bonds is 3.